The summed E-state index contributed by atoms with van der Waals surface area (Å²) < 4.78 is 0. The summed E-state index contributed by atoms with van der Waals surface area (Å²) in [5.74, 6) is 0. The van der Waals surface area contributed by atoms with Crippen LogP contribution in [-0.4, -0.2) is 18.3 Å². The molecule has 0 aromatic heterocycles. The molecule has 0 aliphatic heterocycles. The molecular weight excluding hydrogens is 162 g/mol. The van der Waals surface area contributed by atoms with E-state index in [-0.39, 0.29) is 6.61 Å². The van der Waals surface area contributed by atoms with Crippen LogP contribution in [0.2, 0.25) is 0 Å². The summed E-state index contributed by atoms with van der Waals surface area (Å²) in [5.41, 5.74) is 3.73. The Hall–Kier alpha value is -1.02. The highest BCUT2D eigenvalue weighted by atomic mass is 16.3. The number of anilines is 1. The minimum absolute atomic E-state index is 0.248. The smallest absolute Gasteiger partial charge is 0.0447 e. The number of hydrogen-bond acceptors (Lipinski definition) is 2. The molecule has 72 valence electrons. The van der Waals surface area contributed by atoms with Gasteiger partial charge in [0.1, 0.15) is 0 Å². The Balaban J connectivity index is 2.64. The molecular formula is C11H17NO. The molecule has 0 spiro atoms. The largest absolute Gasteiger partial charge is 0.396 e. The Morgan fingerprint density at radius 2 is 1.85 bits per heavy atom. The van der Waals surface area contributed by atoms with Gasteiger partial charge >= 0.3 is 0 Å². The second-order valence-corrected chi connectivity index (χ2v) is 3.27. The summed E-state index contributed by atoms with van der Waals surface area (Å²) in [5, 5.41) is 12.0. The van der Waals surface area contributed by atoms with Crippen molar-refractivity contribution in [1.82, 2.24) is 0 Å². The Labute approximate surface area is 79.6 Å². The quantitative estimate of drug-likeness (QED) is 0.694. The molecule has 0 saturated carbocycles. The summed E-state index contributed by atoms with van der Waals surface area (Å²) in [6.07, 6.45) is 0.799. The van der Waals surface area contributed by atoms with E-state index in [0.717, 1.165) is 13.0 Å². The molecule has 2 N–H and O–H groups in total. The molecule has 2 nitrogen and oxygen atoms in total. The van der Waals surface area contributed by atoms with Crippen molar-refractivity contribution in [1.29, 1.82) is 0 Å². The maximum atomic E-state index is 8.64. The highest BCUT2D eigenvalue weighted by Gasteiger charge is 1.99. The molecule has 0 unspecified atom stereocenters. The predicted octanol–water partition coefficient (Wildman–Crippen LogP) is 2.10. The van der Waals surface area contributed by atoms with Crippen molar-refractivity contribution in [2.45, 2.75) is 20.3 Å². The molecule has 2 heteroatoms. The van der Waals surface area contributed by atoms with Crippen molar-refractivity contribution in [2.24, 2.45) is 0 Å². The van der Waals surface area contributed by atoms with Crippen molar-refractivity contribution >= 4 is 5.69 Å². The first-order valence-corrected chi connectivity index (χ1v) is 4.66. The van der Waals surface area contributed by atoms with Crippen LogP contribution in [0.15, 0.2) is 18.2 Å². The van der Waals surface area contributed by atoms with Crippen LogP contribution in [0, 0.1) is 13.8 Å². The average molecular weight is 179 g/mol. The van der Waals surface area contributed by atoms with E-state index in [1.54, 1.807) is 0 Å². The summed E-state index contributed by atoms with van der Waals surface area (Å²) in [6.45, 7) is 5.27. The second-order valence-electron chi connectivity index (χ2n) is 3.27. The molecule has 0 saturated heterocycles. The van der Waals surface area contributed by atoms with Gasteiger partial charge in [-0.05, 0) is 31.4 Å². The minimum atomic E-state index is 0.248. The molecule has 0 fully saturated rings. The predicted molar refractivity (Wildman–Crippen MR) is 56.1 cm³/mol. The van der Waals surface area contributed by atoms with E-state index in [1.807, 2.05) is 0 Å². The highest BCUT2D eigenvalue weighted by Crippen LogP contribution is 2.18. The number of aliphatic hydroxyl groups excluding tert-OH is 1. The Kier molecular flexibility index (Phi) is 3.77. The van der Waals surface area contributed by atoms with Gasteiger partial charge in [-0.25, -0.2) is 0 Å². The van der Waals surface area contributed by atoms with Crippen molar-refractivity contribution in [3.63, 3.8) is 0 Å². The third-order valence-electron chi connectivity index (χ3n) is 2.12. The van der Waals surface area contributed by atoms with Crippen molar-refractivity contribution < 1.29 is 5.11 Å². The topological polar surface area (TPSA) is 32.3 Å². The SMILES string of the molecule is Cc1cccc(C)c1NCCCO. The molecule has 0 radical (unpaired) electrons. The van der Waals surface area contributed by atoms with Gasteiger partial charge in [0, 0.05) is 18.8 Å². The molecule has 1 rings (SSSR count). The lowest BCUT2D eigenvalue weighted by Crippen LogP contribution is -2.05. The molecule has 0 bridgehead atoms. The van der Waals surface area contributed by atoms with Crippen LogP contribution in [-0.2, 0) is 0 Å². The van der Waals surface area contributed by atoms with Crippen LogP contribution in [0.1, 0.15) is 17.5 Å². The minimum Gasteiger partial charge on any atom is -0.396 e. The van der Waals surface area contributed by atoms with E-state index >= 15 is 0 Å². The number of hydrogen-bond donors (Lipinski definition) is 2. The maximum Gasteiger partial charge on any atom is 0.0447 e. The Bertz CT molecular complexity index is 251. The van der Waals surface area contributed by atoms with Gasteiger partial charge in [0.05, 0.1) is 0 Å². The first-order valence-electron chi connectivity index (χ1n) is 4.66. The fourth-order valence-corrected chi connectivity index (χ4v) is 1.39. The molecule has 1 aromatic carbocycles. The van der Waals surface area contributed by atoms with Crippen LogP contribution in [0.3, 0.4) is 0 Å². The van der Waals surface area contributed by atoms with Gasteiger partial charge in [-0.1, -0.05) is 18.2 Å². The van der Waals surface area contributed by atoms with Gasteiger partial charge in [0.15, 0.2) is 0 Å². The van der Waals surface area contributed by atoms with E-state index in [2.05, 4.69) is 37.4 Å². The fraction of sp³-hybridized carbons (Fsp3) is 0.455. The van der Waals surface area contributed by atoms with E-state index in [0.29, 0.717) is 0 Å². The van der Waals surface area contributed by atoms with E-state index in [4.69, 9.17) is 5.11 Å². The number of nitrogens with one attached hydrogen (secondary N) is 1. The molecule has 13 heavy (non-hydrogen) atoms. The van der Waals surface area contributed by atoms with Crippen molar-refractivity contribution in [3.05, 3.63) is 29.3 Å². The number of aliphatic hydroxyl groups is 1. The van der Waals surface area contributed by atoms with Gasteiger partial charge < -0.3 is 10.4 Å². The highest BCUT2D eigenvalue weighted by molar-refractivity contribution is 5.56. The van der Waals surface area contributed by atoms with Crippen LogP contribution in [0.4, 0.5) is 5.69 Å². The fourth-order valence-electron chi connectivity index (χ4n) is 1.39. The lowest BCUT2D eigenvalue weighted by atomic mass is 10.1. The summed E-state index contributed by atoms with van der Waals surface area (Å²) in [7, 11) is 0. The van der Waals surface area contributed by atoms with Gasteiger partial charge in [0.25, 0.3) is 0 Å². The summed E-state index contributed by atoms with van der Waals surface area (Å²) in [4.78, 5) is 0. The molecule has 1 aromatic rings. The first kappa shape index (κ1) is 10.1. The summed E-state index contributed by atoms with van der Waals surface area (Å²) in [6, 6.07) is 6.24. The van der Waals surface area contributed by atoms with E-state index in [9.17, 15) is 0 Å². The van der Waals surface area contributed by atoms with Crippen LogP contribution in [0.25, 0.3) is 0 Å². The van der Waals surface area contributed by atoms with Gasteiger partial charge in [-0.3, -0.25) is 0 Å². The Morgan fingerprint density at radius 1 is 1.23 bits per heavy atom. The third kappa shape index (κ3) is 2.74. The van der Waals surface area contributed by atoms with E-state index in [1.165, 1.54) is 16.8 Å². The standard InChI is InChI=1S/C11H17NO/c1-9-5-3-6-10(2)11(9)12-7-4-8-13/h3,5-6,12-13H,4,7-8H2,1-2H3. The summed E-state index contributed by atoms with van der Waals surface area (Å²) >= 11 is 0. The monoisotopic (exact) mass is 179 g/mol. The lowest BCUT2D eigenvalue weighted by Gasteiger charge is -2.11. The zero-order valence-corrected chi connectivity index (χ0v) is 8.30. The maximum absolute atomic E-state index is 8.64. The number of benzene rings is 1. The zero-order valence-electron chi connectivity index (χ0n) is 8.30. The van der Waals surface area contributed by atoms with E-state index < -0.39 is 0 Å². The molecule has 0 aliphatic carbocycles. The third-order valence-corrected chi connectivity index (χ3v) is 2.12. The van der Waals surface area contributed by atoms with Crippen LogP contribution >= 0.6 is 0 Å². The van der Waals surface area contributed by atoms with Gasteiger partial charge in [-0.15, -0.1) is 0 Å². The number of rotatable bonds is 4. The first-order chi connectivity index (χ1) is 6.25. The molecule has 0 aliphatic rings. The second kappa shape index (κ2) is 4.87. The van der Waals surface area contributed by atoms with Crippen LogP contribution in [0.5, 0.6) is 0 Å². The molecule has 0 atom stereocenters. The van der Waals surface area contributed by atoms with Crippen LogP contribution < -0.4 is 5.32 Å². The molecule has 0 heterocycles. The lowest BCUT2D eigenvalue weighted by molar-refractivity contribution is 0.292. The number of aryl methyl sites for hydroxylation is 2. The van der Waals surface area contributed by atoms with Crippen molar-refractivity contribution in [3.8, 4) is 0 Å². The normalized spacial score (nSPS) is 10.1. The van der Waals surface area contributed by atoms with Gasteiger partial charge in [0.2, 0.25) is 0 Å². The molecule has 0 amide bonds. The number of para-hydroxylation sites is 1. The van der Waals surface area contributed by atoms with Crippen molar-refractivity contribution in [2.75, 3.05) is 18.5 Å². The average Bonchev–Trinajstić information content (AvgIpc) is 2.10. The van der Waals surface area contributed by atoms with Gasteiger partial charge in [-0.2, -0.15) is 0 Å². The Morgan fingerprint density at radius 3 is 2.38 bits per heavy atom. The zero-order chi connectivity index (χ0) is 9.68.